The summed E-state index contributed by atoms with van der Waals surface area (Å²) in [7, 11) is 0. The van der Waals surface area contributed by atoms with Crippen LogP contribution in [0.25, 0.3) is 0 Å². The van der Waals surface area contributed by atoms with Crippen LogP contribution in [0.2, 0.25) is 0 Å². The summed E-state index contributed by atoms with van der Waals surface area (Å²) in [5, 5.41) is 5.88. The van der Waals surface area contributed by atoms with E-state index < -0.39 is 6.04 Å². The number of hydrogen-bond acceptors (Lipinski definition) is 5. The van der Waals surface area contributed by atoms with E-state index in [-0.39, 0.29) is 24.1 Å². The van der Waals surface area contributed by atoms with Crippen molar-refractivity contribution in [3.05, 3.63) is 34.9 Å². The third kappa shape index (κ3) is 3.02. The van der Waals surface area contributed by atoms with Gasteiger partial charge in [0.2, 0.25) is 11.8 Å². The van der Waals surface area contributed by atoms with E-state index in [1.165, 1.54) is 18.4 Å². The largest absolute Gasteiger partial charge is 0.322 e. The molecule has 0 aromatic heterocycles. The van der Waals surface area contributed by atoms with E-state index in [1.54, 1.807) is 4.90 Å². The van der Waals surface area contributed by atoms with Crippen molar-refractivity contribution in [1.82, 2.24) is 20.4 Å². The maximum atomic E-state index is 12.8. The molecule has 0 spiro atoms. The average molecular weight is 382 g/mol. The smallest absolute Gasteiger partial charge is 0.255 e. The highest BCUT2D eigenvalue weighted by Gasteiger charge is 2.39. The summed E-state index contributed by atoms with van der Waals surface area (Å²) in [6, 6.07) is 6.16. The Morgan fingerprint density at radius 3 is 2.86 bits per heavy atom. The first kappa shape index (κ1) is 17.8. The van der Waals surface area contributed by atoms with Crippen molar-refractivity contribution in [2.45, 2.75) is 50.9 Å². The predicted molar refractivity (Wildman–Crippen MR) is 102 cm³/mol. The van der Waals surface area contributed by atoms with E-state index >= 15 is 0 Å². The van der Waals surface area contributed by atoms with Crippen molar-refractivity contribution >= 4 is 17.7 Å². The summed E-state index contributed by atoms with van der Waals surface area (Å²) in [5.41, 5.74) is 2.90. The standard InChI is InChI=1S/C21H26N4O3/c26-19-6-5-17(20(27)23-19)25-12-15-8-13(3-4-16(15)21(25)28)11-24-7-1-2-14-9-22-10-18(14)24/h3-4,8,14,17-18,22H,1-2,5-7,9-12H2,(H,23,26,27)/t14-,17?,18+/m0/s1. The average Bonchev–Trinajstić information content (AvgIpc) is 3.27. The number of benzene rings is 1. The second-order valence-corrected chi connectivity index (χ2v) is 8.49. The van der Waals surface area contributed by atoms with Crippen molar-refractivity contribution in [2.75, 3.05) is 19.6 Å². The van der Waals surface area contributed by atoms with E-state index in [9.17, 15) is 14.4 Å². The molecule has 0 bridgehead atoms. The molecule has 3 fully saturated rings. The maximum Gasteiger partial charge on any atom is 0.255 e. The SMILES string of the molecule is O=C1CCC(N2Cc3cc(CN4CCC[C@H]5CNC[C@H]54)ccc3C2=O)C(=O)N1. The van der Waals surface area contributed by atoms with Crippen LogP contribution in [0.5, 0.6) is 0 Å². The number of imide groups is 1. The fourth-order valence-corrected chi connectivity index (χ4v) is 5.32. The first-order chi connectivity index (χ1) is 13.6. The fourth-order valence-electron chi connectivity index (χ4n) is 5.32. The minimum absolute atomic E-state index is 0.103. The number of nitrogens with zero attached hydrogens (tertiary/aromatic N) is 2. The number of carbonyl (C=O) groups is 3. The number of piperidine rings is 2. The topological polar surface area (TPSA) is 81.8 Å². The Morgan fingerprint density at radius 2 is 2.00 bits per heavy atom. The van der Waals surface area contributed by atoms with Crippen molar-refractivity contribution in [2.24, 2.45) is 5.92 Å². The van der Waals surface area contributed by atoms with Crippen molar-refractivity contribution < 1.29 is 14.4 Å². The van der Waals surface area contributed by atoms with Crippen LogP contribution in [-0.4, -0.2) is 59.2 Å². The highest BCUT2D eigenvalue weighted by molar-refractivity contribution is 6.05. The van der Waals surface area contributed by atoms with Gasteiger partial charge in [-0.3, -0.25) is 24.6 Å². The summed E-state index contributed by atoms with van der Waals surface area (Å²) in [4.78, 5) is 40.6. The van der Waals surface area contributed by atoms with Crippen LogP contribution in [0.15, 0.2) is 18.2 Å². The summed E-state index contributed by atoms with van der Waals surface area (Å²) >= 11 is 0. The van der Waals surface area contributed by atoms with Gasteiger partial charge in [0, 0.05) is 37.7 Å². The molecule has 1 unspecified atom stereocenters. The fraction of sp³-hybridized carbons (Fsp3) is 0.571. The van der Waals surface area contributed by atoms with Gasteiger partial charge in [0.15, 0.2) is 0 Å². The molecule has 28 heavy (non-hydrogen) atoms. The molecule has 3 saturated heterocycles. The quantitative estimate of drug-likeness (QED) is 0.750. The van der Waals surface area contributed by atoms with Crippen LogP contribution in [0.1, 0.15) is 47.2 Å². The Bertz CT molecular complexity index is 839. The van der Waals surface area contributed by atoms with E-state index in [0.717, 1.165) is 37.7 Å². The van der Waals surface area contributed by atoms with Gasteiger partial charge in [-0.05, 0) is 55.5 Å². The summed E-state index contributed by atoms with van der Waals surface area (Å²) in [6.45, 7) is 4.67. The molecular formula is C21H26N4O3. The van der Waals surface area contributed by atoms with Crippen LogP contribution < -0.4 is 10.6 Å². The third-order valence-electron chi connectivity index (χ3n) is 6.77. The lowest BCUT2D eigenvalue weighted by molar-refractivity contribution is -0.136. The summed E-state index contributed by atoms with van der Waals surface area (Å²) in [6.07, 6.45) is 3.25. The number of rotatable bonds is 3. The zero-order valence-corrected chi connectivity index (χ0v) is 15.9. The lowest BCUT2D eigenvalue weighted by atomic mass is 9.91. The Balaban J connectivity index is 1.32. The molecule has 2 N–H and O–H groups in total. The van der Waals surface area contributed by atoms with Crippen LogP contribution in [0, 0.1) is 5.92 Å². The van der Waals surface area contributed by atoms with E-state index in [0.29, 0.717) is 24.6 Å². The van der Waals surface area contributed by atoms with Crippen LogP contribution in [0.4, 0.5) is 0 Å². The van der Waals surface area contributed by atoms with Gasteiger partial charge < -0.3 is 10.2 Å². The van der Waals surface area contributed by atoms with Crippen LogP contribution >= 0.6 is 0 Å². The highest BCUT2D eigenvalue weighted by Crippen LogP contribution is 2.31. The normalized spacial score (nSPS) is 30.4. The molecule has 4 aliphatic rings. The van der Waals surface area contributed by atoms with Gasteiger partial charge in [-0.15, -0.1) is 0 Å². The van der Waals surface area contributed by atoms with E-state index in [1.807, 2.05) is 6.07 Å². The number of hydrogen-bond donors (Lipinski definition) is 2. The van der Waals surface area contributed by atoms with Gasteiger partial charge in [0.25, 0.3) is 5.91 Å². The van der Waals surface area contributed by atoms with Crippen LogP contribution in [0.3, 0.4) is 0 Å². The maximum absolute atomic E-state index is 12.8. The number of likely N-dealkylation sites (tertiary alicyclic amines) is 1. The van der Waals surface area contributed by atoms with Crippen molar-refractivity contribution in [1.29, 1.82) is 0 Å². The van der Waals surface area contributed by atoms with E-state index in [4.69, 9.17) is 0 Å². The number of nitrogens with one attached hydrogen (secondary N) is 2. The molecule has 4 aliphatic heterocycles. The predicted octanol–water partition coefficient (Wildman–Crippen LogP) is 0.631. The number of amides is 3. The molecule has 7 nitrogen and oxygen atoms in total. The minimum atomic E-state index is -0.548. The molecule has 0 aliphatic carbocycles. The molecule has 3 amide bonds. The van der Waals surface area contributed by atoms with E-state index in [2.05, 4.69) is 27.7 Å². The van der Waals surface area contributed by atoms with Gasteiger partial charge in [-0.2, -0.15) is 0 Å². The van der Waals surface area contributed by atoms with Crippen molar-refractivity contribution in [3.8, 4) is 0 Å². The molecule has 7 heteroatoms. The van der Waals surface area contributed by atoms with Gasteiger partial charge >= 0.3 is 0 Å². The molecule has 1 aromatic rings. The Labute approximate surface area is 164 Å². The van der Waals surface area contributed by atoms with Gasteiger partial charge in [0.1, 0.15) is 6.04 Å². The molecule has 3 atom stereocenters. The van der Waals surface area contributed by atoms with Gasteiger partial charge in [-0.1, -0.05) is 12.1 Å². The lowest BCUT2D eigenvalue weighted by Crippen LogP contribution is -2.52. The zero-order chi connectivity index (χ0) is 19.3. The first-order valence-electron chi connectivity index (χ1n) is 10.3. The highest BCUT2D eigenvalue weighted by atomic mass is 16.2. The Morgan fingerprint density at radius 1 is 1.11 bits per heavy atom. The lowest BCUT2D eigenvalue weighted by Gasteiger charge is -2.37. The Kier molecular flexibility index (Phi) is 4.44. The second-order valence-electron chi connectivity index (χ2n) is 8.49. The minimum Gasteiger partial charge on any atom is -0.322 e. The molecule has 0 radical (unpaired) electrons. The van der Waals surface area contributed by atoms with Gasteiger partial charge in [-0.25, -0.2) is 0 Å². The zero-order valence-electron chi connectivity index (χ0n) is 15.9. The monoisotopic (exact) mass is 382 g/mol. The molecule has 1 aromatic carbocycles. The van der Waals surface area contributed by atoms with Gasteiger partial charge in [0.05, 0.1) is 0 Å². The Hall–Kier alpha value is -2.25. The second kappa shape index (κ2) is 6.97. The van der Waals surface area contributed by atoms with Crippen LogP contribution in [-0.2, 0) is 22.7 Å². The molecule has 148 valence electrons. The van der Waals surface area contributed by atoms with Crippen molar-refractivity contribution in [3.63, 3.8) is 0 Å². The molecule has 4 heterocycles. The summed E-state index contributed by atoms with van der Waals surface area (Å²) < 4.78 is 0. The third-order valence-corrected chi connectivity index (χ3v) is 6.77. The number of fused-ring (bicyclic) bond motifs is 2. The summed E-state index contributed by atoms with van der Waals surface area (Å²) in [5.74, 6) is 0.0431. The molecular weight excluding hydrogens is 356 g/mol. The molecule has 0 saturated carbocycles. The molecule has 5 rings (SSSR count). The first-order valence-corrected chi connectivity index (χ1v) is 10.3. The number of carbonyl (C=O) groups excluding carboxylic acids is 3.